The smallest absolute Gasteiger partial charge is 0.305 e. The number of hydrogen-bond acceptors (Lipinski definition) is 3. The number of amides is 1. The van der Waals surface area contributed by atoms with Crippen molar-refractivity contribution >= 4 is 22.8 Å². The number of ether oxygens (including phenoxy) is 1. The average Bonchev–Trinajstić information content (AvgIpc) is 2.86. The predicted octanol–water partition coefficient (Wildman–Crippen LogP) is 1.63. The molecule has 0 aliphatic heterocycles. The van der Waals surface area contributed by atoms with Crippen molar-refractivity contribution in [3.8, 4) is 5.75 Å². The Morgan fingerprint density at radius 2 is 2.10 bits per heavy atom. The van der Waals surface area contributed by atoms with Gasteiger partial charge in [-0.05, 0) is 24.3 Å². The van der Waals surface area contributed by atoms with Crippen LogP contribution in [0.15, 0.2) is 30.5 Å². The molecule has 2 rings (SSSR count). The average molecular weight is 290 g/mol. The minimum absolute atomic E-state index is 0.0576. The first kappa shape index (κ1) is 14.9. The van der Waals surface area contributed by atoms with Crippen molar-refractivity contribution in [2.75, 3.05) is 13.7 Å². The molecule has 1 amide bonds. The number of hydrogen-bond donors (Lipinski definition) is 2. The fourth-order valence-corrected chi connectivity index (χ4v) is 2.12. The van der Waals surface area contributed by atoms with Crippen LogP contribution in [0.5, 0.6) is 5.75 Å². The van der Waals surface area contributed by atoms with Crippen molar-refractivity contribution in [2.24, 2.45) is 0 Å². The lowest BCUT2D eigenvalue weighted by Gasteiger charge is -2.07. The summed E-state index contributed by atoms with van der Waals surface area (Å²) in [5.41, 5.74) is 1.04. The van der Waals surface area contributed by atoms with E-state index in [9.17, 15) is 9.59 Å². The zero-order valence-electron chi connectivity index (χ0n) is 11.8. The lowest BCUT2D eigenvalue weighted by Crippen LogP contribution is -2.26. The summed E-state index contributed by atoms with van der Waals surface area (Å²) in [5.74, 6) is -0.265. The normalized spacial score (nSPS) is 10.5. The topological polar surface area (TPSA) is 80.6 Å². The van der Waals surface area contributed by atoms with E-state index in [4.69, 9.17) is 9.84 Å². The highest BCUT2D eigenvalue weighted by Crippen LogP contribution is 2.21. The Bertz CT molecular complexity index is 648. The van der Waals surface area contributed by atoms with E-state index in [0.717, 1.165) is 16.7 Å². The molecule has 0 saturated heterocycles. The molecule has 0 atom stereocenters. The Balaban J connectivity index is 1.91. The number of carbonyl (C=O) groups excluding carboxylic acids is 1. The van der Waals surface area contributed by atoms with Crippen LogP contribution in [0.25, 0.3) is 10.9 Å². The van der Waals surface area contributed by atoms with Crippen LogP contribution in [-0.4, -0.2) is 35.2 Å². The van der Waals surface area contributed by atoms with Crippen LogP contribution in [0, 0.1) is 0 Å². The van der Waals surface area contributed by atoms with Gasteiger partial charge in [0.05, 0.1) is 13.5 Å². The molecule has 21 heavy (non-hydrogen) atoms. The Morgan fingerprint density at radius 1 is 1.29 bits per heavy atom. The van der Waals surface area contributed by atoms with E-state index in [1.165, 1.54) is 0 Å². The molecular formula is C15H18N2O4. The summed E-state index contributed by atoms with van der Waals surface area (Å²) in [7, 11) is 1.62. The zero-order valence-corrected chi connectivity index (χ0v) is 11.8. The quantitative estimate of drug-likeness (QED) is 0.812. The molecule has 0 radical (unpaired) electrons. The van der Waals surface area contributed by atoms with Crippen LogP contribution >= 0.6 is 0 Å². The van der Waals surface area contributed by atoms with Gasteiger partial charge in [0.25, 0.3) is 0 Å². The second-order valence-corrected chi connectivity index (χ2v) is 4.68. The molecule has 2 N–H and O–H groups in total. The van der Waals surface area contributed by atoms with E-state index in [1.807, 2.05) is 35.0 Å². The molecule has 0 spiro atoms. The molecular weight excluding hydrogens is 272 g/mol. The minimum atomic E-state index is -0.916. The van der Waals surface area contributed by atoms with Crippen LogP contribution < -0.4 is 10.1 Å². The van der Waals surface area contributed by atoms with Crippen molar-refractivity contribution in [1.82, 2.24) is 9.88 Å². The molecule has 6 nitrogen and oxygen atoms in total. The molecule has 2 aromatic rings. The van der Waals surface area contributed by atoms with E-state index >= 15 is 0 Å². The van der Waals surface area contributed by atoms with Gasteiger partial charge in [0.1, 0.15) is 5.75 Å². The van der Waals surface area contributed by atoms with Gasteiger partial charge < -0.3 is 19.7 Å². The van der Waals surface area contributed by atoms with Crippen molar-refractivity contribution < 1.29 is 19.4 Å². The number of aliphatic carboxylic acids is 1. The second kappa shape index (κ2) is 6.78. The van der Waals surface area contributed by atoms with E-state index in [1.54, 1.807) is 7.11 Å². The Morgan fingerprint density at radius 3 is 2.81 bits per heavy atom. The molecule has 1 heterocycles. The van der Waals surface area contributed by atoms with Gasteiger partial charge >= 0.3 is 5.97 Å². The SMILES string of the molecule is COc1ccc2c(ccn2CCC(=O)NCCC(=O)O)c1. The van der Waals surface area contributed by atoms with Gasteiger partial charge in [0.2, 0.25) is 5.91 Å². The van der Waals surface area contributed by atoms with Gasteiger partial charge in [0, 0.05) is 36.6 Å². The summed E-state index contributed by atoms with van der Waals surface area (Å²) in [6.07, 6.45) is 2.18. The summed E-state index contributed by atoms with van der Waals surface area (Å²) in [6.45, 7) is 0.715. The monoisotopic (exact) mass is 290 g/mol. The summed E-state index contributed by atoms with van der Waals surface area (Å²) in [5, 5.41) is 12.1. The molecule has 0 aliphatic carbocycles. The highest BCUT2D eigenvalue weighted by molar-refractivity contribution is 5.82. The van der Waals surface area contributed by atoms with Crippen molar-refractivity contribution in [3.63, 3.8) is 0 Å². The van der Waals surface area contributed by atoms with Crippen LogP contribution in [0.3, 0.4) is 0 Å². The first-order valence-electron chi connectivity index (χ1n) is 6.71. The van der Waals surface area contributed by atoms with Crippen LogP contribution in [0.2, 0.25) is 0 Å². The number of rotatable bonds is 7. The highest BCUT2D eigenvalue weighted by atomic mass is 16.5. The van der Waals surface area contributed by atoms with Crippen molar-refractivity contribution in [3.05, 3.63) is 30.5 Å². The summed E-state index contributed by atoms with van der Waals surface area (Å²) in [4.78, 5) is 22.0. The molecule has 1 aromatic carbocycles. The second-order valence-electron chi connectivity index (χ2n) is 4.68. The number of nitrogens with one attached hydrogen (secondary N) is 1. The molecule has 0 saturated carbocycles. The Kier molecular flexibility index (Phi) is 4.81. The first-order valence-corrected chi connectivity index (χ1v) is 6.71. The maximum absolute atomic E-state index is 11.6. The van der Waals surface area contributed by atoms with Crippen LogP contribution in [0.4, 0.5) is 0 Å². The highest BCUT2D eigenvalue weighted by Gasteiger charge is 2.06. The maximum Gasteiger partial charge on any atom is 0.305 e. The van der Waals surface area contributed by atoms with Gasteiger partial charge in [-0.1, -0.05) is 0 Å². The number of carboxylic acid groups (broad SMARTS) is 1. The number of nitrogens with zero attached hydrogens (tertiary/aromatic N) is 1. The number of aryl methyl sites for hydroxylation is 1. The number of methoxy groups -OCH3 is 1. The first-order chi connectivity index (χ1) is 10.1. The van der Waals surface area contributed by atoms with Crippen molar-refractivity contribution in [1.29, 1.82) is 0 Å². The minimum Gasteiger partial charge on any atom is -0.497 e. The molecule has 6 heteroatoms. The number of carboxylic acids is 1. The Hall–Kier alpha value is -2.50. The summed E-state index contributed by atoms with van der Waals surface area (Å²) >= 11 is 0. The standard InChI is InChI=1S/C15H18N2O4/c1-21-12-2-3-13-11(10-12)5-8-17(13)9-6-14(18)16-7-4-15(19)20/h2-3,5,8,10H,4,6-7,9H2,1H3,(H,16,18)(H,19,20). The van der Waals surface area contributed by atoms with Gasteiger partial charge in [-0.2, -0.15) is 0 Å². The molecule has 0 fully saturated rings. The fraction of sp³-hybridized carbons (Fsp3) is 0.333. The van der Waals surface area contributed by atoms with E-state index in [0.29, 0.717) is 13.0 Å². The molecule has 0 unspecified atom stereocenters. The number of fused-ring (bicyclic) bond motifs is 1. The van der Waals surface area contributed by atoms with E-state index < -0.39 is 5.97 Å². The van der Waals surface area contributed by atoms with Gasteiger partial charge in [-0.3, -0.25) is 9.59 Å². The number of aromatic nitrogens is 1. The summed E-state index contributed by atoms with van der Waals surface area (Å²) < 4.78 is 7.16. The third kappa shape index (κ3) is 3.98. The third-order valence-electron chi connectivity index (χ3n) is 3.22. The molecule has 112 valence electrons. The lowest BCUT2D eigenvalue weighted by molar-refractivity contribution is -0.136. The van der Waals surface area contributed by atoms with Crippen LogP contribution in [-0.2, 0) is 16.1 Å². The molecule has 0 bridgehead atoms. The van der Waals surface area contributed by atoms with Gasteiger partial charge in [0.15, 0.2) is 0 Å². The zero-order chi connectivity index (χ0) is 15.2. The number of benzene rings is 1. The van der Waals surface area contributed by atoms with Crippen LogP contribution in [0.1, 0.15) is 12.8 Å². The Labute approximate surface area is 122 Å². The predicted molar refractivity (Wildman–Crippen MR) is 78.4 cm³/mol. The van der Waals surface area contributed by atoms with E-state index in [2.05, 4.69) is 5.32 Å². The van der Waals surface area contributed by atoms with Gasteiger partial charge in [-0.15, -0.1) is 0 Å². The number of carbonyl (C=O) groups is 2. The third-order valence-corrected chi connectivity index (χ3v) is 3.22. The maximum atomic E-state index is 11.6. The van der Waals surface area contributed by atoms with Crippen molar-refractivity contribution in [2.45, 2.75) is 19.4 Å². The van der Waals surface area contributed by atoms with Gasteiger partial charge in [-0.25, -0.2) is 0 Å². The largest absolute Gasteiger partial charge is 0.497 e. The molecule has 1 aromatic heterocycles. The summed E-state index contributed by atoms with van der Waals surface area (Å²) in [6, 6.07) is 7.75. The fourth-order valence-electron chi connectivity index (χ4n) is 2.12. The molecule has 0 aliphatic rings. The lowest BCUT2D eigenvalue weighted by atomic mass is 10.2. The van der Waals surface area contributed by atoms with E-state index in [-0.39, 0.29) is 18.9 Å².